The van der Waals surface area contributed by atoms with E-state index in [2.05, 4.69) is 6.92 Å². The van der Waals surface area contributed by atoms with E-state index < -0.39 is 0 Å². The first kappa shape index (κ1) is 10.6. The summed E-state index contributed by atoms with van der Waals surface area (Å²) in [6.07, 6.45) is 2.49. The quantitative estimate of drug-likeness (QED) is 0.747. The number of ketones is 1. The van der Waals surface area contributed by atoms with Crippen LogP contribution in [0.5, 0.6) is 11.5 Å². The van der Waals surface area contributed by atoms with E-state index in [-0.39, 0.29) is 11.4 Å². The van der Waals surface area contributed by atoms with E-state index in [9.17, 15) is 4.79 Å². The number of ether oxygens (including phenoxy) is 2. The van der Waals surface area contributed by atoms with Crippen LogP contribution in [0.25, 0.3) is 0 Å². The average Bonchev–Trinajstić information content (AvgIpc) is 2.26. The van der Waals surface area contributed by atoms with Crippen molar-refractivity contribution in [2.45, 2.75) is 31.8 Å². The molecular weight excluding hydrogens is 216 g/mol. The second kappa shape index (κ2) is 3.49. The molecule has 1 aromatic carbocycles. The molecule has 3 rings (SSSR count). The molecule has 0 bridgehead atoms. The van der Waals surface area contributed by atoms with Gasteiger partial charge in [0.05, 0.1) is 19.1 Å². The minimum Gasteiger partial charge on any atom is -0.497 e. The molecule has 1 aliphatic carbocycles. The molecule has 0 unspecified atom stereocenters. The van der Waals surface area contributed by atoms with Gasteiger partial charge in [-0.1, -0.05) is 6.92 Å². The van der Waals surface area contributed by atoms with Crippen molar-refractivity contribution in [3.05, 3.63) is 23.8 Å². The summed E-state index contributed by atoms with van der Waals surface area (Å²) in [6.45, 7) is 2.19. The van der Waals surface area contributed by atoms with Crippen LogP contribution in [0.2, 0.25) is 0 Å². The highest BCUT2D eigenvalue weighted by molar-refractivity contribution is 6.00. The number of rotatable bonds is 1. The zero-order valence-corrected chi connectivity index (χ0v) is 10.2. The third-order valence-electron chi connectivity index (χ3n) is 3.74. The second-order valence-electron chi connectivity index (χ2n) is 5.26. The molecular formula is C14H16O3. The number of carbonyl (C=O) groups excluding carboxylic acids is 1. The van der Waals surface area contributed by atoms with Gasteiger partial charge in [-0.3, -0.25) is 4.79 Å². The molecule has 17 heavy (non-hydrogen) atoms. The number of methoxy groups -OCH3 is 1. The molecule has 0 aromatic heterocycles. The number of hydrogen-bond donors (Lipinski definition) is 0. The molecule has 90 valence electrons. The zero-order valence-electron chi connectivity index (χ0n) is 10.2. The molecule has 2 aliphatic rings. The lowest BCUT2D eigenvalue weighted by Gasteiger charge is -2.48. The summed E-state index contributed by atoms with van der Waals surface area (Å²) >= 11 is 0. The first-order chi connectivity index (χ1) is 8.12. The molecule has 1 aromatic rings. The van der Waals surface area contributed by atoms with E-state index in [0.29, 0.717) is 23.7 Å². The summed E-state index contributed by atoms with van der Waals surface area (Å²) in [5.74, 6) is 2.28. The fourth-order valence-corrected chi connectivity index (χ4v) is 3.04. The molecule has 0 amide bonds. The molecule has 1 aliphatic heterocycles. The van der Waals surface area contributed by atoms with E-state index in [4.69, 9.17) is 9.47 Å². The van der Waals surface area contributed by atoms with Crippen molar-refractivity contribution in [1.82, 2.24) is 0 Å². The molecule has 0 saturated heterocycles. The van der Waals surface area contributed by atoms with Gasteiger partial charge in [-0.2, -0.15) is 0 Å². The average molecular weight is 232 g/mol. The largest absolute Gasteiger partial charge is 0.497 e. The van der Waals surface area contributed by atoms with Gasteiger partial charge in [0.25, 0.3) is 0 Å². The Morgan fingerprint density at radius 3 is 2.82 bits per heavy atom. The Hall–Kier alpha value is -1.51. The van der Waals surface area contributed by atoms with E-state index in [0.717, 1.165) is 18.6 Å². The molecule has 1 spiro atoms. The zero-order chi connectivity index (χ0) is 12.0. The van der Waals surface area contributed by atoms with Gasteiger partial charge in [0.2, 0.25) is 0 Å². The van der Waals surface area contributed by atoms with Gasteiger partial charge in [0.1, 0.15) is 17.1 Å². The summed E-state index contributed by atoms with van der Waals surface area (Å²) < 4.78 is 11.2. The predicted octanol–water partition coefficient (Wildman–Crippen LogP) is 2.83. The van der Waals surface area contributed by atoms with Gasteiger partial charge in [0, 0.05) is 6.07 Å². The van der Waals surface area contributed by atoms with Crippen LogP contribution in [0.1, 0.15) is 36.5 Å². The van der Waals surface area contributed by atoms with E-state index >= 15 is 0 Å². The summed E-state index contributed by atoms with van der Waals surface area (Å²) in [7, 11) is 1.62. The maximum atomic E-state index is 12.1. The van der Waals surface area contributed by atoms with Crippen molar-refractivity contribution >= 4 is 5.78 Å². The summed E-state index contributed by atoms with van der Waals surface area (Å²) in [6, 6.07) is 5.42. The fraction of sp³-hybridized carbons (Fsp3) is 0.500. The van der Waals surface area contributed by atoms with Crippen LogP contribution < -0.4 is 9.47 Å². The van der Waals surface area contributed by atoms with Crippen LogP contribution in [-0.2, 0) is 0 Å². The summed E-state index contributed by atoms with van der Waals surface area (Å²) in [4.78, 5) is 12.1. The van der Waals surface area contributed by atoms with Gasteiger partial charge in [0.15, 0.2) is 5.78 Å². The SMILES string of the molecule is COc1ccc2c(c1)OC1(CC2=O)CC(C)C1. The van der Waals surface area contributed by atoms with Gasteiger partial charge < -0.3 is 9.47 Å². The summed E-state index contributed by atoms with van der Waals surface area (Å²) in [5, 5.41) is 0. The van der Waals surface area contributed by atoms with Crippen molar-refractivity contribution in [3.8, 4) is 11.5 Å². The Balaban J connectivity index is 1.96. The van der Waals surface area contributed by atoms with Crippen LogP contribution in [0.4, 0.5) is 0 Å². The molecule has 0 N–H and O–H groups in total. The Kier molecular flexibility index (Phi) is 2.18. The topological polar surface area (TPSA) is 35.5 Å². The van der Waals surface area contributed by atoms with Crippen molar-refractivity contribution < 1.29 is 14.3 Å². The van der Waals surface area contributed by atoms with Gasteiger partial charge >= 0.3 is 0 Å². The normalized spacial score (nSPS) is 30.5. The van der Waals surface area contributed by atoms with Crippen molar-refractivity contribution in [1.29, 1.82) is 0 Å². The molecule has 3 heteroatoms. The Bertz CT molecular complexity index is 472. The fourth-order valence-electron chi connectivity index (χ4n) is 3.04. The maximum Gasteiger partial charge on any atom is 0.170 e. The Morgan fingerprint density at radius 2 is 2.18 bits per heavy atom. The maximum absolute atomic E-state index is 12.1. The molecule has 1 saturated carbocycles. The predicted molar refractivity (Wildman–Crippen MR) is 63.7 cm³/mol. The van der Waals surface area contributed by atoms with Crippen molar-refractivity contribution in [2.24, 2.45) is 5.92 Å². The lowest BCUT2D eigenvalue weighted by atomic mass is 9.68. The van der Waals surface area contributed by atoms with Crippen LogP contribution in [0.3, 0.4) is 0 Å². The van der Waals surface area contributed by atoms with Crippen molar-refractivity contribution in [3.63, 3.8) is 0 Å². The van der Waals surface area contributed by atoms with E-state index in [1.165, 1.54) is 0 Å². The molecule has 1 heterocycles. The van der Waals surface area contributed by atoms with Crippen LogP contribution in [0.15, 0.2) is 18.2 Å². The highest BCUT2D eigenvalue weighted by Gasteiger charge is 2.48. The molecule has 0 radical (unpaired) electrons. The Labute approximate surface area is 101 Å². The van der Waals surface area contributed by atoms with E-state index in [1.807, 2.05) is 12.1 Å². The third-order valence-corrected chi connectivity index (χ3v) is 3.74. The summed E-state index contributed by atoms with van der Waals surface area (Å²) in [5.41, 5.74) is 0.464. The van der Waals surface area contributed by atoms with Crippen LogP contribution >= 0.6 is 0 Å². The van der Waals surface area contributed by atoms with Gasteiger partial charge in [-0.15, -0.1) is 0 Å². The van der Waals surface area contributed by atoms with Crippen LogP contribution in [0, 0.1) is 5.92 Å². The smallest absolute Gasteiger partial charge is 0.170 e. The first-order valence-electron chi connectivity index (χ1n) is 6.02. The molecule has 0 atom stereocenters. The van der Waals surface area contributed by atoms with Gasteiger partial charge in [-0.25, -0.2) is 0 Å². The van der Waals surface area contributed by atoms with E-state index in [1.54, 1.807) is 13.2 Å². The monoisotopic (exact) mass is 232 g/mol. The standard InChI is InChI=1S/C14H16O3/c1-9-6-14(7-9)8-12(15)11-4-3-10(16-2)5-13(11)17-14/h3-5,9H,6-8H2,1-2H3. The second-order valence-corrected chi connectivity index (χ2v) is 5.26. The number of benzene rings is 1. The highest BCUT2D eigenvalue weighted by atomic mass is 16.5. The Morgan fingerprint density at radius 1 is 1.41 bits per heavy atom. The highest BCUT2D eigenvalue weighted by Crippen LogP contribution is 2.48. The lowest BCUT2D eigenvalue weighted by Crippen LogP contribution is -2.51. The minimum absolute atomic E-state index is 0.195. The number of hydrogen-bond acceptors (Lipinski definition) is 3. The number of Topliss-reactive ketones (excluding diaryl/α,β-unsaturated/α-hetero) is 1. The number of carbonyl (C=O) groups is 1. The van der Waals surface area contributed by atoms with Gasteiger partial charge in [-0.05, 0) is 30.9 Å². The molecule has 3 nitrogen and oxygen atoms in total. The first-order valence-corrected chi connectivity index (χ1v) is 6.02. The van der Waals surface area contributed by atoms with Crippen LogP contribution in [-0.4, -0.2) is 18.5 Å². The minimum atomic E-state index is -0.226. The lowest BCUT2D eigenvalue weighted by molar-refractivity contribution is -0.0502. The number of fused-ring (bicyclic) bond motifs is 1. The third kappa shape index (κ3) is 1.61. The van der Waals surface area contributed by atoms with Crippen molar-refractivity contribution in [2.75, 3.05) is 7.11 Å². The molecule has 1 fully saturated rings.